The predicted octanol–water partition coefficient (Wildman–Crippen LogP) is 5.85. The summed E-state index contributed by atoms with van der Waals surface area (Å²) in [6.07, 6.45) is 0. The van der Waals surface area contributed by atoms with Crippen molar-refractivity contribution in [2.75, 3.05) is 0 Å². The van der Waals surface area contributed by atoms with Gasteiger partial charge in [0.25, 0.3) is 0 Å². The zero-order chi connectivity index (χ0) is 16.0. The zero-order valence-electron chi connectivity index (χ0n) is 13.5. The third kappa shape index (κ3) is 3.29. The van der Waals surface area contributed by atoms with Gasteiger partial charge in [0.05, 0.1) is 0 Å². The number of hydrogen-bond donors (Lipinski definition) is 1. The Morgan fingerprint density at radius 1 is 0.857 bits per heavy atom. The molecule has 1 N–H and O–H groups in total. The molecule has 0 atom stereocenters. The Hall–Kier alpha value is -1.35. The van der Waals surface area contributed by atoms with Gasteiger partial charge in [0.1, 0.15) is 5.75 Å². The van der Waals surface area contributed by atoms with Crippen LogP contribution in [0.5, 0.6) is 5.75 Å². The van der Waals surface area contributed by atoms with E-state index in [2.05, 4.69) is 41.5 Å². The van der Waals surface area contributed by atoms with E-state index in [1.165, 1.54) is 0 Å². The fraction of sp³-hybridized carbons (Fsp3) is 0.444. The SMILES string of the molecule is CC(C)(C)c1cc(-c2csc(F)c2)cc(C(C)(C)C)c1O. The van der Waals surface area contributed by atoms with Gasteiger partial charge in [-0.25, -0.2) is 0 Å². The first-order valence-corrected chi connectivity index (χ1v) is 8.00. The molecule has 1 aromatic carbocycles. The Morgan fingerprint density at radius 2 is 1.33 bits per heavy atom. The van der Waals surface area contributed by atoms with Crippen LogP contribution in [0.3, 0.4) is 0 Å². The molecule has 3 heteroatoms. The van der Waals surface area contributed by atoms with Gasteiger partial charge in [-0.05, 0) is 40.2 Å². The second-order valence-corrected chi connectivity index (χ2v) is 8.42. The van der Waals surface area contributed by atoms with Crippen LogP contribution in [-0.2, 0) is 10.8 Å². The van der Waals surface area contributed by atoms with Crippen LogP contribution in [0.4, 0.5) is 4.39 Å². The number of rotatable bonds is 1. The second-order valence-electron chi connectivity index (χ2n) is 7.56. The average molecular weight is 306 g/mol. The van der Waals surface area contributed by atoms with Crippen molar-refractivity contribution in [3.63, 3.8) is 0 Å². The largest absolute Gasteiger partial charge is 0.507 e. The molecular formula is C18H23FOS. The number of hydrogen-bond acceptors (Lipinski definition) is 2. The van der Waals surface area contributed by atoms with E-state index in [1.807, 2.05) is 17.5 Å². The van der Waals surface area contributed by atoms with Gasteiger partial charge < -0.3 is 5.11 Å². The number of benzene rings is 1. The van der Waals surface area contributed by atoms with Gasteiger partial charge in [0.2, 0.25) is 0 Å². The maximum Gasteiger partial charge on any atom is 0.177 e. The quantitative estimate of drug-likeness (QED) is 0.700. The van der Waals surface area contributed by atoms with Crippen LogP contribution < -0.4 is 0 Å². The van der Waals surface area contributed by atoms with Gasteiger partial charge in [-0.1, -0.05) is 41.5 Å². The molecule has 21 heavy (non-hydrogen) atoms. The van der Waals surface area contributed by atoms with Crippen molar-refractivity contribution >= 4 is 11.3 Å². The van der Waals surface area contributed by atoms with Crippen LogP contribution in [0.1, 0.15) is 52.7 Å². The molecule has 0 spiro atoms. The lowest BCUT2D eigenvalue weighted by Crippen LogP contribution is -2.17. The van der Waals surface area contributed by atoms with Crippen molar-refractivity contribution in [2.24, 2.45) is 0 Å². The molecule has 0 amide bonds. The van der Waals surface area contributed by atoms with Gasteiger partial charge in [0, 0.05) is 16.5 Å². The summed E-state index contributed by atoms with van der Waals surface area (Å²) in [5.74, 6) is 0.356. The summed E-state index contributed by atoms with van der Waals surface area (Å²) in [4.78, 5) is 0. The van der Waals surface area contributed by atoms with Gasteiger partial charge in [-0.15, -0.1) is 11.3 Å². The molecule has 114 valence electrons. The lowest BCUT2D eigenvalue weighted by atomic mass is 9.78. The first-order chi connectivity index (χ1) is 9.50. The second kappa shape index (κ2) is 5.13. The molecule has 2 rings (SSSR count). The summed E-state index contributed by atoms with van der Waals surface area (Å²) in [7, 11) is 0. The van der Waals surface area contributed by atoms with E-state index >= 15 is 0 Å². The van der Waals surface area contributed by atoms with Crippen LogP contribution in [0.2, 0.25) is 0 Å². The monoisotopic (exact) mass is 306 g/mol. The van der Waals surface area contributed by atoms with Gasteiger partial charge in [0.15, 0.2) is 5.13 Å². The van der Waals surface area contributed by atoms with E-state index < -0.39 is 0 Å². The molecule has 2 aromatic rings. The van der Waals surface area contributed by atoms with E-state index in [4.69, 9.17) is 0 Å². The first kappa shape index (κ1) is 16.0. The molecule has 0 bridgehead atoms. The third-order valence-electron chi connectivity index (χ3n) is 3.63. The fourth-order valence-corrected chi connectivity index (χ4v) is 3.04. The highest BCUT2D eigenvalue weighted by molar-refractivity contribution is 7.08. The Kier molecular flexibility index (Phi) is 3.92. The highest BCUT2D eigenvalue weighted by Crippen LogP contribution is 2.42. The molecular weight excluding hydrogens is 283 g/mol. The molecule has 0 fully saturated rings. The number of halogens is 1. The van der Waals surface area contributed by atoms with Gasteiger partial charge in [-0.3, -0.25) is 0 Å². The zero-order valence-corrected chi connectivity index (χ0v) is 14.4. The minimum Gasteiger partial charge on any atom is -0.507 e. The lowest BCUT2D eigenvalue weighted by molar-refractivity contribution is 0.423. The van der Waals surface area contributed by atoms with Gasteiger partial charge in [-0.2, -0.15) is 4.39 Å². The van der Waals surface area contributed by atoms with Crippen molar-refractivity contribution in [2.45, 2.75) is 52.4 Å². The smallest absolute Gasteiger partial charge is 0.177 e. The number of thiophene rings is 1. The van der Waals surface area contributed by atoms with Gasteiger partial charge >= 0.3 is 0 Å². The van der Waals surface area contributed by atoms with E-state index in [-0.39, 0.29) is 16.0 Å². The van der Waals surface area contributed by atoms with E-state index in [1.54, 1.807) is 6.07 Å². The van der Waals surface area contributed by atoms with E-state index in [9.17, 15) is 9.50 Å². The summed E-state index contributed by atoms with van der Waals surface area (Å²) in [6.45, 7) is 12.5. The molecule has 0 aliphatic heterocycles. The minimum atomic E-state index is -0.187. The molecule has 1 nitrogen and oxygen atoms in total. The predicted molar refractivity (Wildman–Crippen MR) is 88.8 cm³/mol. The molecule has 0 aliphatic rings. The average Bonchev–Trinajstić information content (AvgIpc) is 2.73. The molecule has 0 radical (unpaired) electrons. The van der Waals surface area contributed by atoms with Crippen LogP contribution in [-0.4, -0.2) is 5.11 Å². The lowest BCUT2D eigenvalue weighted by Gasteiger charge is -2.28. The maximum atomic E-state index is 13.3. The van der Waals surface area contributed by atoms with Crippen molar-refractivity contribution < 1.29 is 9.50 Å². The molecule has 0 aliphatic carbocycles. The van der Waals surface area contributed by atoms with Crippen LogP contribution in [0.25, 0.3) is 11.1 Å². The van der Waals surface area contributed by atoms with E-state index in [0.717, 1.165) is 33.6 Å². The Morgan fingerprint density at radius 3 is 1.67 bits per heavy atom. The fourth-order valence-electron chi connectivity index (χ4n) is 2.41. The minimum absolute atomic E-state index is 0.172. The molecule has 1 aromatic heterocycles. The summed E-state index contributed by atoms with van der Waals surface area (Å²) >= 11 is 1.10. The number of phenols is 1. The highest BCUT2D eigenvalue weighted by atomic mass is 32.1. The van der Waals surface area contributed by atoms with Crippen molar-refractivity contribution in [3.8, 4) is 16.9 Å². The van der Waals surface area contributed by atoms with E-state index in [0.29, 0.717) is 5.75 Å². The summed E-state index contributed by atoms with van der Waals surface area (Å²) < 4.78 is 13.3. The maximum absolute atomic E-state index is 13.3. The summed E-state index contributed by atoms with van der Waals surface area (Å²) in [5.41, 5.74) is 3.29. The molecule has 0 unspecified atom stereocenters. The van der Waals surface area contributed by atoms with Crippen molar-refractivity contribution in [1.29, 1.82) is 0 Å². The van der Waals surface area contributed by atoms with Crippen LogP contribution >= 0.6 is 11.3 Å². The Labute approximate surface area is 130 Å². The number of aromatic hydroxyl groups is 1. The summed E-state index contributed by atoms with van der Waals surface area (Å²) in [6, 6.07) is 5.51. The standard InChI is InChI=1S/C18H23FOS/c1-17(2,3)13-7-11(12-9-15(19)21-10-12)8-14(16(13)20)18(4,5)6/h7-10,20H,1-6H3. The van der Waals surface area contributed by atoms with Crippen molar-refractivity contribution in [3.05, 3.63) is 39.8 Å². The Balaban J connectivity index is 2.74. The molecule has 1 heterocycles. The molecule has 0 saturated heterocycles. The summed E-state index contributed by atoms with van der Waals surface area (Å²) in [5, 5.41) is 12.3. The third-order valence-corrected chi connectivity index (χ3v) is 4.34. The van der Waals surface area contributed by atoms with Crippen LogP contribution in [0, 0.1) is 5.13 Å². The molecule has 0 saturated carbocycles. The first-order valence-electron chi connectivity index (χ1n) is 7.12. The Bertz CT molecular complexity index is 622. The normalized spacial score (nSPS) is 12.7. The number of phenolic OH excluding ortho intramolecular Hbond substituents is 1. The topological polar surface area (TPSA) is 20.2 Å². The van der Waals surface area contributed by atoms with Crippen molar-refractivity contribution in [1.82, 2.24) is 0 Å². The van der Waals surface area contributed by atoms with Crippen LogP contribution in [0.15, 0.2) is 23.6 Å². The highest BCUT2D eigenvalue weighted by Gasteiger charge is 2.26.